The van der Waals surface area contributed by atoms with Crippen molar-refractivity contribution in [1.82, 2.24) is 9.13 Å². The number of hydrogen-bond acceptors (Lipinski definition) is 0. The summed E-state index contributed by atoms with van der Waals surface area (Å²) in [6.45, 7) is 0. The lowest BCUT2D eigenvalue weighted by Gasteiger charge is -2.10. The van der Waals surface area contributed by atoms with Crippen LogP contribution >= 0.6 is 0 Å². The zero-order chi connectivity index (χ0) is 30.2. The summed E-state index contributed by atoms with van der Waals surface area (Å²) in [7, 11) is 0. The second-order valence-corrected chi connectivity index (χ2v) is 12.2. The first-order valence-corrected chi connectivity index (χ1v) is 15.9. The van der Waals surface area contributed by atoms with Gasteiger partial charge in [-0.3, -0.25) is 0 Å². The second kappa shape index (κ2) is 9.69. The Bertz CT molecular complexity index is 2800. The summed E-state index contributed by atoms with van der Waals surface area (Å²) in [6, 6.07) is 62.0. The van der Waals surface area contributed by atoms with Crippen LogP contribution in [-0.2, 0) is 0 Å². The smallest absolute Gasteiger partial charge is 0.0547 e. The van der Waals surface area contributed by atoms with Crippen LogP contribution in [0.25, 0.3) is 87.7 Å². The third-order valence-corrected chi connectivity index (χ3v) is 9.66. The van der Waals surface area contributed by atoms with E-state index in [0.29, 0.717) is 0 Å². The Morgan fingerprint density at radius 1 is 0.283 bits per heavy atom. The molecule has 0 atom stereocenters. The van der Waals surface area contributed by atoms with Gasteiger partial charge in [-0.25, -0.2) is 0 Å². The lowest BCUT2D eigenvalue weighted by atomic mass is 9.97. The van der Waals surface area contributed by atoms with Gasteiger partial charge >= 0.3 is 0 Å². The fraction of sp³-hybridized carbons (Fsp3) is 0. The number of nitrogens with zero attached hydrogens (tertiary/aromatic N) is 2. The van der Waals surface area contributed by atoms with Crippen LogP contribution < -0.4 is 0 Å². The molecule has 0 aliphatic rings. The van der Waals surface area contributed by atoms with Gasteiger partial charge in [0, 0.05) is 32.9 Å². The predicted octanol–water partition coefficient (Wildman–Crippen LogP) is 11.9. The molecular formula is C44H28N2. The van der Waals surface area contributed by atoms with Crippen molar-refractivity contribution in [3.05, 3.63) is 170 Å². The molecule has 46 heavy (non-hydrogen) atoms. The summed E-state index contributed by atoms with van der Waals surface area (Å²) in [6.07, 6.45) is 0. The number of fused-ring (bicyclic) bond motifs is 9. The molecule has 2 heterocycles. The Balaban J connectivity index is 1.16. The van der Waals surface area contributed by atoms with Crippen molar-refractivity contribution in [3.63, 3.8) is 0 Å². The first kappa shape index (κ1) is 25.2. The molecule has 2 aromatic heterocycles. The summed E-state index contributed by atoms with van der Waals surface area (Å²) >= 11 is 0. The number of aromatic nitrogens is 2. The number of para-hydroxylation sites is 3. The summed E-state index contributed by atoms with van der Waals surface area (Å²) in [5.41, 5.74) is 9.72. The normalized spacial score (nSPS) is 11.9. The minimum Gasteiger partial charge on any atom is -0.309 e. The topological polar surface area (TPSA) is 9.86 Å². The first-order chi connectivity index (χ1) is 22.8. The highest BCUT2D eigenvalue weighted by atomic mass is 15.0. The van der Waals surface area contributed by atoms with E-state index in [-0.39, 0.29) is 0 Å². The van der Waals surface area contributed by atoms with Crippen LogP contribution in [0.1, 0.15) is 0 Å². The van der Waals surface area contributed by atoms with Crippen molar-refractivity contribution >= 4 is 65.2 Å². The number of hydrogen-bond donors (Lipinski definition) is 0. The van der Waals surface area contributed by atoms with E-state index in [0.717, 1.165) is 0 Å². The van der Waals surface area contributed by atoms with Gasteiger partial charge in [-0.15, -0.1) is 0 Å². The van der Waals surface area contributed by atoms with E-state index in [9.17, 15) is 0 Å². The maximum absolute atomic E-state index is 2.42. The van der Waals surface area contributed by atoms with Gasteiger partial charge in [0.15, 0.2) is 0 Å². The maximum atomic E-state index is 2.42. The molecule has 8 aromatic carbocycles. The van der Waals surface area contributed by atoms with Gasteiger partial charge in [0.1, 0.15) is 0 Å². The molecule has 0 N–H and O–H groups in total. The summed E-state index contributed by atoms with van der Waals surface area (Å²) < 4.78 is 4.79. The van der Waals surface area contributed by atoms with Crippen molar-refractivity contribution in [2.45, 2.75) is 0 Å². The van der Waals surface area contributed by atoms with Gasteiger partial charge in [0.05, 0.1) is 22.1 Å². The molecular weight excluding hydrogens is 556 g/mol. The minimum atomic E-state index is 1.18. The number of benzene rings is 8. The average molecular weight is 585 g/mol. The molecule has 0 saturated heterocycles. The third-order valence-electron chi connectivity index (χ3n) is 9.66. The highest BCUT2D eigenvalue weighted by Gasteiger charge is 2.16. The van der Waals surface area contributed by atoms with Crippen LogP contribution in [0.3, 0.4) is 0 Å². The summed E-state index contributed by atoms with van der Waals surface area (Å²) in [5, 5.41) is 10.1. The Morgan fingerprint density at radius 2 is 0.891 bits per heavy atom. The molecule has 0 unspecified atom stereocenters. The van der Waals surface area contributed by atoms with Crippen LogP contribution in [0.5, 0.6) is 0 Å². The van der Waals surface area contributed by atoms with Crippen molar-refractivity contribution < 1.29 is 0 Å². The lowest BCUT2D eigenvalue weighted by molar-refractivity contribution is 1.18. The minimum absolute atomic E-state index is 1.18. The molecule has 10 rings (SSSR count). The zero-order valence-electron chi connectivity index (χ0n) is 25.1. The monoisotopic (exact) mass is 584 g/mol. The molecule has 0 saturated carbocycles. The molecule has 0 bridgehead atoms. The SMILES string of the molecule is c1ccc(-n2c3ccccc3c3cc(-c4ccc5c(ccc6c5c5ccccc5n6-c5ccc6ccccc6c5)c4)ccc32)cc1. The number of rotatable bonds is 3. The lowest BCUT2D eigenvalue weighted by Crippen LogP contribution is -1.93. The van der Waals surface area contributed by atoms with E-state index < -0.39 is 0 Å². The molecule has 214 valence electrons. The van der Waals surface area contributed by atoms with Crippen LogP contribution in [0.2, 0.25) is 0 Å². The van der Waals surface area contributed by atoms with E-state index in [4.69, 9.17) is 0 Å². The highest BCUT2D eigenvalue weighted by Crippen LogP contribution is 2.40. The Kier molecular flexibility index (Phi) is 5.31. The van der Waals surface area contributed by atoms with Crippen molar-refractivity contribution in [2.75, 3.05) is 0 Å². The van der Waals surface area contributed by atoms with E-state index in [1.54, 1.807) is 0 Å². The fourth-order valence-corrected chi connectivity index (χ4v) is 7.58. The largest absolute Gasteiger partial charge is 0.309 e. The van der Waals surface area contributed by atoms with Gasteiger partial charge < -0.3 is 9.13 Å². The van der Waals surface area contributed by atoms with E-state index in [1.807, 2.05) is 0 Å². The van der Waals surface area contributed by atoms with Crippen LogP contribution in [0.15, 0.2) is 170 Å². The summed E-state index contributed by atoms with van der Waals surface area (Å²) in [5.74, 6) is 0. The van der Waals surface area contributed by atoms with Crippen molar-refractivity contribution in [1.29, 1.82) is 0 Å². The van der Waals surface area contributed by atoms with E-state index in [2.05, 4.69) is 179 Å². The molecule has 10 aromatic rings. The first-order valence-electron chi connectivity index (χ1n) is 15.9. The average Bonchev–Trinajstić information content (AvgIpc) is 3.64. The van der Waals surface area contributed by atoms with Crippen LogP contribution in [0, 0.1) is 0 Å². The third kappa shape index (κ3) is 3.65. The van der Waals surface area contributed by atoms with Crippen molar-refractivity contribution in [3.8, 4) is 22.5 Å². The maximum Gasteiger partial charge on any atom is 0.0547 e. The Hall–Kier alpha value is -6.12. The second-order valence-electron chi connectivity index (χ2n) is 12.2. The van der Waals surface area contributed by atoms with Gasteiger partial charge in [0.25, 0.3) is 0 Å². The molecule has 0 radical (unpaired) electrons. The van der Waals surface area contributed by atoms with E-state index >= 15 is 0 Å². The van der Waals surface area contributed by atoms with E-state index in [1.165, 1.54) is 87.7 Å². The summed E-state index contributed by atoms with van der Waals surface area (Å²) in [4.78, 5) is 0. The van der Waals surface area contributed by atoms with Crippen molar-refractivity contribution in [2.24, 2.45) is 0 Å². The molecule has 2 heteroatoms. The molecule has 2 nitrogen and oxygen atoms in total. The Labute approximate surface area is 266 Å². The van der Waals surface area contributed by atoms with Gasteiger partial charge in [0.2, 0.25) is 0 Å². The zero-order valence-corrected chi connectivity index (χ0v) is 25.1. The molecule has 0 aliphatic heterocycles. The van der Waals surface area contributed by atoms with Crippen LogP contribution in [-0.4, -0.2) is 9.13 Å². The molecule has 0 fully saturated rings. The van der Waals surface area contributed by atoms with Crippen LogP contribution in [0.4, 0.5) is 0 Å². The molecule has 0 spiro atoms. The van der Waals surface area contributed by atoms with Gasteiger partial charge in [-0.2, -0.15) is 0 Å². The quantitative estimate of drug-likeness (QED) is 0.195. The molecule has 0 amide bonds. The standard InChI is InChI=1S/C44H28N2/c1-2-12-34(13-3-1)45-40-16-8-6-14-37(40)39-28-32(20-24-42(39)45)31-19-23-36-33(26-31)21-25-43-44(36)38-15-7-9-17-41(38)46(43)35-22-18-29-10-4-5-11-30(29)27-35/h1-28H. The Morgan fingerprint density at radius 3 is 1.76 bits per heavy atom. The van der Waals surface area contributed by atoms with Gasteiger partial charge in [-0.05, 0) is 93.3 Å². The predicted molar refractivity (Wildman–Crippen MR) is 196 cm³/mol. The fourth-order valence-electron chi connectivity index (χ4n) is 7.58. The van der Waals surface area contributed by atoms with Gasteiger partial charge in [-0.1, -0.05) is 109 Å². The highest BCUT2D eigenvalue weighted by molar-refractivity contribution is 6.22. The molecule has 0 aliphatic carbocycles.